The van der Waals surface area contributed by atoms with Crippen LogP contribution in [0.3, 0.4) is 0 Å². The lowest BCUT2D eigenvalue weighted by Crippen LogP contribution is -2.23. The van der Waals surface area contributed by atoms with Crippen molar-refractivity contribution in [1.29, 1.82) is 0 Å². The predicted molar refractivity (Wildman–Crippen MR) is 118 cm³/mol. The number of benzene rings is 3. The molecule has 3 aromatic carbocycles. The second-order valence-electron chi connectivity index (χ2n) is 7.17. The van der Waals surface area contributed by atoms with Crippen molar-refractivity contribution in [2.45, 2.75) is 6.54 Å². The van der Waals surface area contributed by atoms with E-state index in [1.165, 1.54) is 5.56 Å². The summed E-state index contributed by atoms with van der Waals surface area (Å²) in [6.45, 7) is 0.669. The van der Waals surface area contributed by atoms with Crippen molar-refractivity contribution < 1.29 is 9.47 Å². The van der Waals surface area contributed by atoms with Crippen LogP contribution in [0.2, 0.25) is 0 Å². The van der Waals surface area contributed by atoms with Crippen LogP contribution in [0.1, 0.15) is 22.5 Å². The van der Waals surface area contributed by atoms with E-state index in [-0.39, 0.29) is 5.56 Å². The van der Waals surface area contributed by atoms with Crippen molar-refractivity contribution in [2.75, 3.05) is 14.2 Å². The van der Waals surface area contributed by atoms with Gasteiger partial charge in [-0.2, -0.15) is 4.98 Å². The zero-order valence-electron chi connectivity index (χ0n) is 16.8. The number of ether oxygens (including phenoxy) is 2. The Bertz CT molecular complexity index is 1370. The summed E-state index contributed by atoms with van der Waals surface area (Å²) in [7, 11) is 3.23. The molecule has 1 aliphatic heterocycles. The van der Waals surface area contributed by atoms with Crippen molar-refractivity contribution >= 4 is 22.6 Å². The Morgan fingerprint density at radius 1 is 0.933 bits per heavy atom. The minimum Gasteiger partial charge on any atom is -0.493 e. The molecule has 5 heteroatoms. The maximum absolute atomic E-state index is 12.8. The van der Waals surface area contributed by atoms with Gasteiger partial charge in [0.15, 0.2) is 11.5 Å². The van der Waals surface area contributed by atoms with Crippen molar-refractivity contribution in [2.24, 2.45) is 0 Å². The molecule has 148 valence electrons. The Kier molecular flexibility index (Phi) is 4.36. The van der Waals surface area contributed by atoms with Gasteiger partial charge in [-0.25, -0.2) is 0 Å². The molecule has 0 N–H and O–H groups in total. The van der Waals surface area contributed by atoms with E-state index in [9.17, 15) is 4.79 Å². The van der Waals surface area contributed by atoms with Gasteiger partial charge >= 0.3 is 0 Å². The van der Waals surface area contributed by atoms with Gasteiger partial charge in [-0.3, -0.25) is 4.79 Å². The molecular weight excluding hydrogens is 376 g/mol. The average Bonchev–Trinajstić information content (AvgIpc) is 2.79. The van der Waals surface area contributed by atoms with Crippen LogP contribution in [-0.2, 0) is 6.54 Å². The highest BCUT2D eigenvalue weighted by molar-refractivity contribution is 5.93. The Labute approximate surface area is 173 Å². The minimum absolute atomic E-state index is 0.213. The van der Waals surface area contributed by atoms with Crippen LogP contribution < -0.4 is 15.0 Å². The maximum Gasteiger partial charge on any atom is 0.281 e. The summed E-state index contributed by atoms with van der Waals surface area (Å²) in [6, 6.07) is 21.6. The van der Waals surface area contributed by atoms with Crippen LogP contribution in [0.4, 0.5) is 0 Å². The normalized spacial score (nSPS) is 13.7. The highest BCUT2D eigenvalue weighted by Gasteiger charge is 2.23. The number of hydrogen-bond donors (Lipinski definition) is 0. The molecule has 5 nitrogen and oxygen atoms in total. The monoisotopic (exact) mass is 396 g/mol. The van der Waals surface area contributed by atoms with Crippen LogP contribution in [0.5, 0.6) is 11.5 Å². The third-order valence-corrected chi connectivity index (χ3v) is 5.48. The summed E-state index contributed by atoms with van der Waals surface area (Å²) in [6.07, 6.45) is 2.05. The fourth-order valence-corrected chi connectivity index (χ4v) is 4.05. The predicted octanol–water partition coefficient (Wildman–Crippen LogP) is 4.36. The van der Waals surface area contributed by atoms with E-state index in [1.807, 2.05) is 60.7 Å². The SMILES string of the molecule is COc1ccc(/C=C2\c3ccccc3Cn3c2nc(=O)c2ccccc23)cc1OC. The molecule has 0 radical (unpaired) electrons. The smallest absolute Gasteiger partial charge is 0.281 e. The largest absolute Gasteiger partial charge is 0.493 e. The Morgan fingerprint density at radius 3 is 2.53 bits per heavy atom. The highest BCUT2D eigenvalue weighted by Crippen LogP contribution is 2.35. The van der Waals surface area contributed by atoms with Crippen LogP contribution in [0.15, 0.2) is 71.5 Å². The number of fused-ring (bicyclic) bond motifs is 4. The van der Waals surface area contributed by atoms with Gasteiger partial charge in [0.1, 0.15) is 5.82 Å². The second-order valence-corrected chi connectivity index (χ2v) is 7.17. The van der Waals surface area contributed by atoms with Crippen molar-refractivity contribution in [1.82, 2.24) is 9.55 Å². The second kappa shape index (κ2) is 7.19. The number of rotatable bonds is 3. The number of methoxy groups -OCH3 is 2. The van der Waals surface area contributed by atoms with Crippen molar-refractivity contribution in [3.05, 3.63) is 99.6 Å². The number of para-hydroxylation sites is 1. The van der Waals surface area contributed by atoms with E-state index in [0.29, 0.717) is 29.3 Å². The lowest BCUT2D eigenvalue weighted by molar-refractivity contribution is 0.355. The van der Waals surface area contributed by atoms with Crippen molar-refractivity contribution in [3.8, 4) is 11.5 Å². The topological polar surface area (TPSA) is 53.4 Å². The van der Waals surface area contributed by atoms with Gasteiger partial charge in [-0.15, -0.1) is 0 Å². The van der Waals surface area contributed by atoms with Gasteiger partial charge in [0.2, 0.25) is 0 Å². The number of aromatic nitrogens is 2. The Hall–Kier alpha value is -3.86. The maximum atomic E-state index is 12.8. The average molecular weight is 396 g/mol. The lowest BCUT2D eigenvalue weighted by Gasteiger charge is -2.25. The molecule has 0 atom stereocenters. The zero-order chi connectivity index (χ0) is 20.7. The summed E-state index contributed by atoms with van der Waals surface area (Å²) in [5, 5.41) is 0.631. The van der Waals surface area contributed by atoms with E-state index in [2.05, 4.69) is 21.7 Å². The molecule has 2 heterocycles. The molecule has 30 heavy (non-hydrogen) atoms. The molecule has 0 amide bonds. The molecule has 0 aliphatic carbocycles. The van der Waals surface area contributed by atoms with Gasteiger partial charge in [0, 0.05) is 5.57 Å². The first-order valence-corrected chi connectivity index (χ1v) is 9.71. The molecule has 0 fully saturated rings. The van der Waals surface area contributed by atoms with Gasteiger partial charge in [-0.1, -0.05) is 42.5 Å². The van der Waals surface area contributed by atoms with Gasteiger partial charge in [-0.05, 0) is 47.0 Å². The third kappa shape index (κ3) is 2.87. The first kappa shape index (κ1) is 18.2. The fraction of sp³-hybridized carbons (Fsp3) is 0.120. The first-order valence-electron chi connectivity index (χ1n) is 9.71. The first-order chi connectivity index (χ1) is 14.7. The standard InChI is InChI=1S/C25H20N2O3/c1-29-22-12-11-16(14-23(22)30-2)13-20-18-8-4-3-7-17(18)15-27-21-10-6-5-9-19(21)25(28)26-24(20)27/h3-14H,15H2,1-2H3/b20-13+. The van der Waals surface area contributed by atoms with E-state index in [1.54, 1.807) is 14.2 Å². The summed E-state index contributed by atoms with van der Waals surface area (Å²) in [5.74, 6) is 2.00. The molecule has 1 aromatic heterocycles. The van der Waals surface area contributed by atoms with Crippen LogP contribution in [-0.4, -0.2) is 23.8 Å². The summed E-state index contributed by atoms with van der Waals surface area (Å²) < 4.78 is 12.9. The van der Waals surface area contributed by atoms with Crippen molar-refractivity contribution in [3.63, 3.8) is 0 Å². The molecule has 5 rings (SSSR count). The molecule has 0 spiro atoms. The molecule has 4 aromatic rings. The minimum atomic E-state index is -0.213. The highest BCUT2D eigenvalue weighted by atomic mass is 16.5. The van der Waals surface area contributed by atoms with Crippen LogP contribution >= 0.6 is 0 Å². The van der Waals surface area contributed by atoms with E-state index >= 15 is 0 Å². The molecule has 1 aliphatic rings. The molecular formula is C25H20N2O3. The zero-order valence-corrected chi connectivity index (χ0v) is 16.8. The van der Waals surface area contributed by atoms with Crippen LogP contribution in [0.25, 0.3) is 22.6 Å². The Balaban J connectivity index is 1.79. The van der Waals surface area contributed by atoms with E-state index < -0.39 is 0 Å². The summed E-state index contributed by atoms with van der Waals surface area (Å²) in [5.41, 5.74) is 4.79. The number of hydrogen-bond acceptors (Lipinski definition) is 4. The molecule has 0 saturated carbocycles. The molecule has 0 bridgehead atoms. The van der Waals surface area contributed by atoms with E-state index in [0.717, 1.165) is 22.2 Å². The summed E-state index contributed by atoms with van der Waals surface area (Å²) >= 11 is 0. The molecule has 0 saturated heterocycles. The van der Waals surface area contributed by atoms with E-state index in [4.69, 9.17) is 9.47 Å². The van der Waals surface area contributed by atoms with Crippen LogP contribution in [0, 0.1) is 0 Å². The fourth-order valence-electron chi connectivity index (χ4n) is 4.05. The van der Waals surface area contributed by atoms with Gasteiger partial charge in [0.25, 0.3) is 5.56 Å². The lowest BCUT2D eigenvalue weighted by atomic mass is 9.93. The number of nitrogens with zero attached hydrogens (tertiary/aromatic N) is 2. The summed E-state index contributed by atoms with van der Waals surface area (Å²) in [4.78, 5) is 17.2. The van der Waals surface area contributed by atoms with Gasteiger partial charge < -0.3 is 14.0 Å². The Morgan fingerprint density at radius 2 is 1.70 bits per heavy atom. The van der Waals surface area contributed by atoms with Gasteiger partial charge in [0.05, 0.1) is 31.7 Å². The quantitative estimate of drug-likeness (QED) is 0.455. The molecule has 0 unspecified atom stereocenters. The third-order valence-electron chi connectivity index (χ3n) is 5.48.